The van der Waals surface area contributed by atoms with Crippen LogP contribution in [0.3, 0.4) is 0 Å². The molecule has 1 aromatic carbocycles. The highest BCUT2D eigenvalue weighted by atomic mass is 32.2. The molecule has 0 heterocycles. The van der Waals surface area contributed by atoms with Crippen LogP contribution in [0.2, 0.25) is 0 Å². The summed E-state index contributed by atoms with van der Waals surface area (Å²) in [5.41, 5.74) is 0.210. The van der Waals surface area contributed by atoms with Crippen molar-refractivity contribution in [1.82, 2.24) is 0 Å². The van der Waals surface area contributed by atoms with Crippen molar-refractivity contribution < 1.29 is 21.6 Å². The molecule has 1 aromatic rings. The van der Waals surface area contributed by atoms with Crippen LogP contribution in [0.25, 0.3) is 0 Å². The third-order valence-corrected chi connectivity index (χ3v) is 3.25. The van der Waals surface area contributed by atoms with Gasteiger partial charge in [0, 0.05) is 12.7 Å². The summed E-state index contributed by atoms with van der Waals surface area (Å²) in [6.07, 6.45) is -4.61. The van der Waals surface area contributed by atoms with E-state index in [1.165, 1.54) is 24.3 Å². The van der Waals surface area contributed by atoms with Crippen LogP contribution in [-0.2, 0) is 16.3 Å². The van der Waals surface area contributed by atoms with Gasteiger partial charge >= 0.3 is 6.18 Å². The molecule has 0 aromatic heterocycles. The SMILES string of the molecule is CS(=O)(=O)c1ccccc1CCC(F)(F)F. The van der Waals surface area contributed by atoms with Crippen LogP contribution in [0.4, 0.5) is 13.2 Å². The molecule has 0 unspecified atom stereocenters. The fourth-order valence-electron chi connectivity index (χ4n) is 1.35. The Morgan fingerprint density at radius 1 is 1.19 bits per heavy atom. The van der Waals surface area contributed by atoms with Crippen molar-refractivity contribution in [2.75, 3.05) is 6.26 Å². The topological polar surface area (TPSA) is 34.1 Å². The first kappa shape index (κ1) is 13.0. The van der Waals surface area contributed by atoms with Crippen molar-refractivity contribution in [3.63, 3.8) is 0 Å². The summed E-state index contributed by atoms with van der Waals surface area (Å²) in [5, 5.41) is 0. The van der Waals surface area contributed by atoms with Gasteiger partial charge in [0.1, 0.15) is 0 Å². The molecule has 1 rings (SSSR count). The van der Waals surface area contributed by atoms with E-state index in [-0.39, 0.29) is 16.9 Å². The smallest absolute Gasteiger partial charge is 0.224 e. The Morgan fingerprint density at radius 3 is 2.25 bits per heavy atom. The molecule has 0 aliphatic rings. The summed E-state index contributed by atoms with van der Waals surface area (Å²) in [7, 11) is -3.47. The molecule has 0 saturated carbocycles. The van der Waals surface area contributed by atoms with Gasteiger partial charge in [0.05, 0.1) is 4.90 Å². The number of rotatable bonds is 3. The van der Waals surface area contributed by atoms with E-state index in [0.717, 1.165) is 6.26 Å². The second-order valence-corrected chi connectivity index (χ2v) is 5.48. The summed E-state index contributed by atoms with van der Waals surface area (Å²) < 4.78 is 58.7. The van der Waals surface area contributed by atoms with Crippen molar-refractivity contribution in [2.24, 2.45) is 0 Å². The van der Waals surface area contributed by atoms with E-state index < -0.39 is 22.4 Å². The highest BCUT2D eigenvalue weighted by molar-refractivity contribution is 7.90. The normalized spacial score (nSPS) is 12.8. The fraction of sp³-hybridized carbons (Fsp3) is 0.400. The Bertz CT molecular complexity index is 463. The lowest BCUT2D eigenvalue weighted by Gasteiger charge is -2.09. The van der Waals surface area contributed by atoms with E-state index in [9.17, 15) is 21.6 Å². The molecule has 0 N–H and O–H groups in total. The van der Waals surface area contributed by atoms with Gasteiger partial charge < -0.3 is 0 Å². The lowest BCUT2D eigenvalue weighted by molar-refractivity contribution is -0.134. The number of hydrogen-bond acceptors (Lipinski definition) is 2. The molecule has 90 valence electrons. The third kappa shape index (κ3) is 3.84. The lowest BCUT2D eigenvalue weighted by atomic mass is 10.1. The minimum Gasteiger partial charge on any atom is -0.224 e. The van der Waals surface area contributed by atoms with Gasteiger partial charge in [-0.05, 0) is 18.1 Å². The molecular formula is C10H11F3O2S. The molecule has 2 nitrogen and oxygen atoms in total. The molecule has 0 fully saturated rings. The zero-order valence-corrected chi connectivity index (χ0v) is 9.40. The molecule has 16 heavy (non-hydrogen) atoms. The minimum absolute atomic E-state index is 0.0285. The van der Waals surface area contributed by atoms with Crippen LogP contribution in [-0.4, -0.2) is 20.8 Å². The molecule has 0 bridgehead atoms. The second-order valence-electron chi connectivity index (χ2n) is 3.50. The van der Waals surface area contributed by atoms with Gasteiger partial charge in [-0.1, -0.05) is 18.2 Å². The number of hydrogen-bond donors (Lipinski definition) is 0. The number of sulfone groups is 1. The molecule has 6 heteroatoms. The van der Waals surface area contributed by atoms with E-state index >= 15 is 0 Å². The fourth-order valence-corrected chi connectivity index (χ4v) is 2.32. The van der Waals surface area contributed by atoms with Crippen molar-refractivity contribution in [3.05, 3.63) is 29.8 Å². The first-order chi connectivity index (χ1) is 7.20. The van der Waals surface area contributed by atoms with Gasteiger partial charge in [0.15, 0.2) is 9.84 Å². The number of alkyl halides is 3. The molecule has 0 aliphatic carbocycles. The van der Waals surface area contributed by atoms with Gasteiger partial charge in [-0.15, -0.1) is 0 Å². The van der Waals surface area contributed by atoms with E-state index in [1.807, 2.05) is 0 Å². The van der Waals surface area contributed by atoms with E-state index in [1.54, 1.807) is 0 Å². The minimum atomic E-state index is -4.27. The average Bonchev–Trinajstić information content (AvgIpc) is 2.12. The molecule has 0 spiro atoms. The molecule has 0 amide bonds. The van der Waals surface area contributed by atoms with Gasteiger partial charge in [-0.3, -0.25) is 0 Å². The summed E-state index contributed by atoms with van der Waals surface area (Å²) >= 11 is 0. The lowest BCUT2D eigenvalue weighted by Crippen LogP contribution is -2.10. The van der Waals surface area contributed by atoms with E-state index in [4.69, 9.17) is 0 Å². The van der Waals surface area contributed by atoms with Crippen LogP contribution in [0.1, 0.15) is 12.0 Å². The van der Waals surface area contributed by atoms with Crippen molar-refractivity contribution in [3.8, 4) is 0 Å². The number of benzene rings is 1. The van der Waals surface area contributed by atoms with Crippen LogP contribution in [0.15, 0.2) is 29.2 Å². The highest BCUT2D eigenvalue weighted by Gasteiger charge is 2.27. The Morgan fingerprint density at radius 2 is 1.75 bits per heavy atom. The third-order valence-electron chi connectivity index (χ3n) is 2.05. The first-order valence-corrected chi connectivity index (χ1v) is 6.44. The number of halogens is 3. The monoisotopic (exact) mass is 252 g/mol. The molecule has 0 saturated heterocycles. The average molecular weight is 252 g/mol. The van der Waals surface area contributed by atoms with Gasteiger partial charge in [-0.2, -0.15) is 13.2 Å². The maximum Gasteiger partial charge on any atom is 0.389 e. The van der Waals surface area contributed by atoms with E-state index in [2.05, 4.69) is 0 Å². The Hall–Kier alpha value is -1.04. The predicted molar refractivity (Wildman–Crippen MR) is 53.9 cm³/mol. The number of aryl methyl sites for hydroxylation is 1. The van der Waals surface area contributed by atoms with Crippen molar-refractivity contribution in [1.29, 1.82) is 0 Å². The van der Waals surface area contributed by atoms with Gasteiger partial charge in [0.25, 0.3) is 0 Å². The molecule has 0 atom stereocenters. The van der Waals surface area contributed by atoms with Crippen molar-refractivity contribution in [2.45, 2.75) is 23.9 Å². The Labute approximate surface area is 92.0 Å². The standard InChI is InChI=1S/C10H11F3O2S/c1-16(14,15)9-5-3-2-4-8(9)6-7-10(11,12)13/h2-5H,6-7H2,1H3. The second kappa shape index (κ2) is 4.45. The predicted octanol–water partition coefficient (Wildman–Crippen LogP) is 2.59. The van der Waals surface area contributed by atoms with E-state index in [0.29, 0.717) is 0 Å². The van der Waals surface area contributed by atoms with Gasteiger partial charge in [0.2, 0.25) is 0 Å². The summed E-state index contributed by atoms with van der Waals surface area (Å²) in [4.78, 5) is -0.0285. The largest absolute Gasteiger partial charge is 0.389 e. The Kier molecular flexibility index (Phi) is 3.62. The van der Waals surface area contributed by atoms with Crippen LogP contribution >= 0.6 is 0 Å². The molecule has 0 aliphatic heterocycles. The summed E-state index contributed by atoms with van der Waals surface area (Å²) in [6, 6.07) is 5.75. The zero-order chi connectivity index (χ0) is 12.4. The van der Waals surface area contributed by atoms with Crippen LogP contribution < -0.4 is 0 Å². The highest BCUT2D eigenvalue weighted by Crippen LogP contribution is 2.24. The summed E-state index contributed by atoms with van der Waals surface area (Å²) in [5.74, 6) is 0. The zero-order valence-electron chi connectivity index (χ0n) is 8.58. The molecule has 0 radical (unpaired) electrons. The van der Waals surface area contributed by atoms with Crippen LogP contribution in [0, 0.1) is 0 Å². The quantitative estimate of drug-likeness (QED) is 0.828. The van der Waals surface area contributed by atoms with Crippen molar-refractivity contribution >= 4 is 9.84 Å². The Balaban J connectivity index is 2.97. The molecular weight excluding hydrogens is 241 g/mol. The van der Waals surface area contributed by atoms with Gasteiger partial charge in [-0.25, -0.2) is 8.42 Å². The maximum absolute atomic E-state index is 12.0. The summed E-state index contributed by atoms with van der Waals surface area (Å²) in [6.45, 7) is 0. The maximum atomic E-state index is 12.0. The van der Waals surface area contributed by atoms with Crippen LogP contribution in [0.5, 0.6) is 0 Å². The first-order valence-electron chi connectivity index (χ1n) is 4.55.